The van der Waals surface area contributed by atoms with E-state index in [0.29, 0.717) is 47.2 Å². The number of aliphatic hydroxyl groups excluding tert-OH is 3. The van der Waals surface area contributed by atoms with Gasteiger partial charge in [-0.05, 0) is 112 Å². The zero-order valence-electron chi connectivity index (χ0n) is 19.9. The van der Waals surface area contributed by atoms with Crippen LogP contribution in [0.4, 0.5) is 0 Å². The maximum atomic E-state index is 10.9. The number of allylic oxidation sites excluding steroid dienone is 4. The van der Waals surface area contributed by atoms with Crippen molar-refractivity contribution in [3.05, 3.63) is 35.3 Å². The van der Waals surface area contributed by atoms with Crippen molar-refractivity contribution in [1.82, 2.24) is 0 Å². The van der Waals surface area contributed by atoms with E-state index in [1.54, 1.807) is 19.9 Å². The topological polar surface area (TPSA) is 80.9 Å². The highest BCUT2D eigenvalue weighted by molar-refractivity contribution is 5.45. The van der Waals surface area contributed by atoms with E-state index in [0.717, 1.165) is 24.8 Å². The van der Waals surface area contributed by atoms with Crippen molar-refractivity contribution >= 4 is 0 Å². The van der Waals surface area contributed by atoms with Gasteiger partial charge in [0, 0.05) is 6.08 Å². The Kier molecular flexibility index (Phi) is 5.66. The van der Waals surface area contributed by atoms with Crippen molar-refractivity contribution in [1.29, 1.82) is 0 Å². The lowest BCUT2D eigenvalue weighted by atomic mass is 9.48. The minimum absolute atomic E-state index is 0.156. The monoisotopic (exact) mass is 430 g/mol. The van der Waals surface area contributed by atoms with Crippen LogP contribution in [0.1, 0.15) is 79.6 Å². The molecule has 0 heterocycles. The third-order valence-corrected chi connectivity index (χ3v) is 9.98. The Morgan fingerprint density at radius 3 is 2.45 bits per heavy atom. The van der Waals surface area contributed by atoms with Gasteiger partial charge in [0.25, 0.3) is 0 Å². The van der Waals surface area contributed by atoms with E-state index in [9.17, 15) is 20.4 Å². The van der Waals surface area contributed by atoms with Crippen molar-refractivity contribution in [2.75, 3.05) is 0 Å². The highest BCUT2D eigenvalue weighted by Crippen LogP contribution is 2.67. The molecule has 0 aromatic carbocycles. The van der Waals surface area contributed by atoms with Crippen LogP contribution >= 0.6 is 0 Å². The zero-order valence-corrected chi connectivity index (χ0v) is 19.9. The van der Waals surface area contributed by atoms with Gasteiger partial charge in [0.15, 0.2) is 0 Å². The summed E-state index contributed by atoms with van der Waals surface area (Å²) < 4.78 is 0. The molecule has 0 amide bonds. The van der Waals surface area contributed by atoms with Gasteiger partial charge in [-0.2, -0.15) is 0 Å². The number of aliphatic hydroxyl groups is 4. The third kappa shape index (κ3) is 3.58. The van der Waals surface area contributed by atoms with E-state index in [1.807, 2.05) is 6.08 Å². The molecule has 4 rings (SSSR count). The number of fused-ring (bicyclic) bond motifs is 5. The van der Waals surface area contributed by atoms with Gasteiger partial charge in [0.2, 0.25) is 0 Å². The molecule has 4 aliphatic rings. The van der Waals surface area contributed by atoms with E-state index in [2.05, 4.69) is 26.8 Å². The Morgan fingerprint density at radius 1 is 1.06 bits per heavy atom. The number of hydrogen-bond acceptors (Lipinski definition) is 4. The Hall–Kier alpha value is -1.26. The molecule has 174 valence electrons. The van der Waals surface area contributed by atoms with E-state index in [-0.39, 0.29) is 11.2 Å². The van der Waals surface area contributed by atoms with Crippen molar-refractivity contribution in [3.8, 4) is 0 Å². The molecule has 0 radical (unpaired) electrons. The molecule has 0 aromatic heterocycles. The van der Waals surface area contributed by atoms with E-state index >= 15 is 0 Å². The first-order valence-corrected chi connectivity index (χ1v) is 12.3. The molecule has 0 aliphatic heterocycles. The average Bonchev–Trinajstić information content (AvgIpc) is 3.03. The van der Waals surface area contributed by atoms with Crippen molar-refractivity contribution in [3.63, 3.8) is 0 Å². The summed E-state index contributed by atoms with van der Waals surface area (Å²) in [5.41, 5.74) is -0.0384. The van der Waals surface area contributed by atoms with Crippen LogP contribution in [-0.2, 0) is 0 Å². The summed E-state index contributed by atoms with van der Waals surface area (Å²) in [7, 11) is 0. The molecular weight excluding hydrogens is 388 g/mol. The first-order chi connectivity index (χ1) is 14.4. The molecule has 2 fully saturated rings. The summed E-state index contributed by atoms with van der Waals surface area (Å²) in [6.07, 6.45) is 12.4. The molecule has 4 nitrogen and oxygen atoms in total. The molecule has 4 heteroatoms. The number of rotatable bonds is 5. The lowest BCUT2D eigenvalue weighted by molar-refractivity contribution is -0.0607. The van der Waals surface area contributed by atoms with Gasteiger partial charge < -0.3 is 20.4 Å². The number of hydrogen-bond donors (Lipinski definition) is 4. The molecule has 0 aromatic rings. The Balaban J connectivity index is 1.52. The van der Waals surface area contributed by atoms with E-state index < -0.39 is 11.7 Å². The summed E-state index contributed by atoms with van der Waals surface area (Å²) in [6.45, 7) is 10.4. The van der Waals surface area contributed by atoms with E-state index in [1.165, 1.54) is 19.3 Å². The van der Waals surface area contributed by atoms with Crippen LogP contribution in [0.2, 0.25) is 0 Å². The highest BCUT2D eigenvalue weighted by Gasteiger charge is 2.59. The minimum atomic E-state index is -1.04. The van der Waals surface area contributed by atoms with Crippen LogP contribution in [0.25, 0.3) is 0 Å². The summed E-state index contributed by atoms with van der Waals surface area (Å²) in [4.78, 5) is 0. The van der Waals surface area contributed by atoms with Gasteiger partial charge in [-0.25, -0.2) is 0 Å². The molecule has 31 heavy (non-hydrogen) atoms. The first kappa shape index (κ1) is 22.9. The lowest BCUT2D eigenvalue weighted by Gasteiger charge is -2.56. The second kappa shape index (κ2) is 7.66. The maximum absolute atomic E-state index is 10.9. The fourth-order valence-corrected chi connectivity index (χ4v) is 8.01. The van der Waals surface area contributed by atoms with E-state index in [4.69, 9.17) is 0 Å². The molecule has 2 saturated carbocycles. The SMILES string of the molecule is C[C@H](CCC(O)C(C)(C)O)[C@H]1CC[C@H]2[C@@H]3CC=C4C=C(O)C=C(O)[C@]4(C)[C@H]3CC[C@]12C. The predicted molar refractivity (Wildman–Crippen MR) is 123 cm³/mol. The van der Waals surface area contributed by atoms with Crippen molar-refractivity contribution < 1.29 is 20.4 Å². The van der Waals surface area contributed by atoms with Crippen molar-refractivity contribution in [2.24, 2.45) is 40.4 Å². The Bertz CT molecular complexity index is 803. The van der Waals surface area contributed by atoms with Crippen LogP contribution < -0.4 is 0 Å². The lowest BCUT2D eigenvalue weighted by Crippen LogP contribution is -2.50. The molecule has 4 N–H and O–H groups in total. The van der Waals surface area contributed by atoms with Crippen LogP contribution in [-0.4, -0.2) is 32.1 Å². The molecule has 4 aliphatic carbocycles. The molecule has 8 atom stereocenters. The fourth-order valence-electron chi connectivity index (χ4n) is 8.01. The largest absolute Gasteiger partial charge is 0.511 e. The molecule has 1 unspecified atom stereocenters. The Labute approximate surface area is 187 Å². The molecule has 0 spiro atoms. The minimum Gasteiger partial charge on any atom is -0.511 e. The highest BCUT2D eigenvalue weighted by atomic mass is 16.3. The van der Waals surface area contributed by atoms with Gasteiger partial charge in [-0.1, -0.05) is 19.9 Å². The zero-order chi connectivity index (χ0) is 22.8. The normalized spacial score (nSPS) is 41.8. The summed E-state index contributed by atoms with van der Waals surface area (Å²) in [5, 5.41) is 41.3. The summed E-state index contributed by atoms with van der Waals surface area (Å²) >= 11 is 0. The molecular formula is C27H42O4. The fraction of sp³-hybridized carbons (Fsp3) is 0.778. The Morgan fingerprint density at radius 2 is 1.77 bits per heavy atom. The molecule has 0 saturated heterocycles. The van der Waals surface area contributed by atoms with Gasteiger partial charge in [0.1, 0.15) is 11.5 Å². The van der Waals surface area contributed by atoms with Gasteiger partial charge in [-0.3, -0.25) is 0 Å². The first-order valence-electron chi connectivity index (χ1n) is 12.3. The smallest absolute Gasteiger partial charge is 0.119 e. The van der Waals surface area contributed by atoms with Gasteiger partial charge in [0.05, 0.1) is 17.1 Å². The maximum Gasteiger partial charge on any atom is 0.119 e. The quantitative estimate of drug-likeness (QED) is 0.442. The summed E-state index contributed by atoms with van der Waals surface area (Å²) in [6, 6.07) is 0. The van der Waals surface area contributed by atoms with Gasteiger partial charge >= 0.3 is 0 Å². The summed E-state index contributed by atoms with van der Waals surface area (Å²) in [5.74, 6) is 3.28. The van der Waals surface area contributed by atoms with Crippen LogP contribution in [0, 0.1) is 40.4 Å². The average molecular weight is 431 g/mol. The van der Waals surface area contributed by atoms with Gasteiger partial charge in [-0.15, -0.1) is 0 Å². The van der Waals surface area contributed by atoms with Crippen LogP contribution in [0.5, 0.6) is 0 Å². The standard InChI is InChI=1S/C27H42O4/c1-16(6-11-23(29)25(2,3)31)20-9-10-21-19-8-7-17-14-18(28)15-24(30)27(17,5)22(19)12-13-26(20,21)4/h7,14-16,19-23,28-31H,6,8-13H2,1-5H3/t16-,19+,20-,21+,22+,23?,26-,27+/m1/s1. The second-order valence-electron chi connectivity index (χ2n) is 12.0. The van der Waals surface area contributed by atoms with Crippen molar-refractivity contribution in [2.45, 2.75) is 91.3 Å². The predicted octanol–water partition coefficient (Wildman–Crippen LogP) is 5.83. The second-order valence-corrected chi connectivity index (χ2v) is 12.0. The molecule has 0 bridgehead atoms. The van der Waals surface area contributed by atoms with Crippen LogP contribution in [0.15, 0.2) is 35.3 Å². The third-order valence-electron chi connectivity index (χ3n) is 9.98. The van der Waals surface area contributed by atoms with Crippen LogP contribution in [0.3, 0.4) is 0 Å².